The number of nitrogens with zero attached hydrogens (tertiary/aromatic N) is 2. The summed E-state index contributed by atoms with van der Waals surface area (Å²) in [5.41, 5.74) is 16.0. The number of guanidine groups is 1. The van der Waals surface area contributed by atoms with E-state index in [0.29, 0.717) is 6.42 Å². The molecule has 0 saturated carbocycles. The zero-order valence-electron chi connectivity index (χ0n) is 29.9. The zero-order valence-corrected chi connectivity index (χ0v) is 29.9. The zero-order chi connectivity index (χ0) is 39.7. The molecule has 1 aliphatic rings. The Bertz CT molecular complexity index is 1320. The molecule has 0 aromatic rings. The number of nitrogens with one attached hydrogen (secondary N) is 5. The van der Waals surface area contributed by atoms with Gasteiger partial charge in [0.2, 0.25) is 35.4 Å². The van der Waals surface area contributed by atoms with Crippen molar-refractivity contribution < 1.29 is 53.7 Å². The van der Waals surface area contributed by atoms with Gasteiger partial charge in [-0.1, -0.05) is 13.8 Å². The Morgan fingerprint density at radius 3 is 1.98 bits per heavy atom. The van der Waals surface area contributed by atoms with Crippen molar-refractivity contribution in [2.24, 2.45) is 28.1 Å². The van der Waals surface area contributed by atoms with Crippen LogP contribution in [0.25, 0.3) is 0 Å². The molecular weight excluding hydrogens is 688 g/mol. The smallest absolute Gasteiger partial charge is 0.326 e. The Morgan fingerprint density at radius 1 is 0.827 bits per heavy atom. The van der Waals surface area contributed by atoms with Crippen molar-refractivity contribution in [3.05, 3.63) is 0 Å². The van der Waals surface area contributed by atoms with Gasteiger partial charge in [-0.2, -0.15) is 0 Å². The standard InChI is InChI=1S/C31H54N10O11/c1-15(2)13-20(30(51)52)39-27(48)21-8-6-12-41(21)29(50)16(3)36-25(46)18(7-5-11-35-31(33)34)38-28(49)24(17(4)42)40-26(47)19(9-10-23(44)45)37-22(43)14-32/h15-21,24,42H,5-14,32H2,1-4H3,(H,36,46)(H,37,43)(H,38,49)(H,39,48)(H,40,47)(H,44,45)(H,51,52)(H4,33,34,35)/t16-,17?,18-,19-,20-,21-,24-/m0/s1. The molecule has 7 atom stereocenters. The number of rotatable bonds is 22. The molecule has 1 fully saturated rings. The van der Waals surface area contributed by atoms with Gasteiger partial charge in [-0.05, 0) is 58.3 Å². The van der Waals surface area contributed by atoms with Crippen molar-refractivity contribution in [1.82, 2.24) is 31.5 Å². The van der Waals surface area contributed by atoms with Crippen molar-refractivity contribution in [3.63, 3.8) is 0 Å². The molecule has 0 radical (unpaired) electrons. The maximum Gasteiger partial charge on any atom is 0.326 e. The number of carbonyl (C=O) groups is 8. The van der Waals surface area contributed by atoms with E-state index in [1.54, 1.807) is 13.8 Å². The highest BCUT2D eigenvalue weighted by atomic mass is 16.4. The molecule has 1 heterocycles. The largest absolute Gasteiger partial charge is 0.481 e. The SMILES string of the molecule is CC(C)C[C@H](NC(=O)[C@@H]1CCCN1C(=O)[C@H](C)NC(=O)[C@H](CCCN=C(N)N)NC(=O)[C@@H](NC(=O)[C@H](CCC(=O)O)NC(=O)CN)C(C)O)C(=O)O. The molecule has 6 amide bonds. The average Bonchev–Trinajstić information content (AvgIpc) is 3.55. The Balaban J connectivity index is 3.15. The fourth-order valence-electron chi connectivity index (χ4n) is 5.37. The molecule has 21 heteroatoms. The van der Waals surface area contributed by atoms with Gasteiger partial charge in [-0.3, -0.25) is 38.6 Å². The number of hydrogen-bond donors (Lipinski definition) is 11. The topological polar surface area (TPSA) is 351 Å². The van der Waals surface area contributed by atoms with Crippen molar-refractivity contribution in [3.8, 4) is 0 Å². The Hall–Kier alpha value is -5.05. The monoisotopic (exact) mass is 742 g/mol. The Morgan fingerprint density at radius 2 is 1.44 bits per heavy atom. The predicted molar refractivity (Wildman–Crippen MR) is 185 cm³/mol. The summed E-state index contributed by atoms with van der Waals surface area (Å²) >= 11 is 0. The first-order valence-corrected chi connectivity index (χ1v) is 17.0. The van der Waals surface area contributed by atoms with E-state index in [1.807, 2.05) is 0 Å². The van der Waals surface area contributed by atoms with Gasteiger partial charge in [0.15, 0.2) is 5.96 Å². The summed E-state index contributed by atoms with van der Waals surface area (Å²) in [4.78, 5) is 106. The predicted octanol–water partition coefficient (Wildman–Crippen LogP) is -4.19. The van der Waals surface area contributed by atoms with E-state index in [9.17, 15) is 48.6 Å². The van der Waals surface area contributed by atoms with E-state index < -0.39 is 103 Å². The molecule has 21 nitrogen and oxygen atoms in total. The second-order valence-corrected chi connectivity index (χ2v) is 12.9. The van der Waals surface area contributed by atoms with Crippen LogP contribution >= 0.6 is 0 Å². The van der Waals surface area contributed by atoms with Gasteiger partial charge in [-0.15, -0.1) is 0 Å². The summed E-state index contributed by atoms with van der Waals surface area (Å²) in [5.74, 6) is -7.63. The molecule has 0 bridgehead atoms. The van der Waals surface area contributed by atoms with Gasteiger partial charge < -0.3 is 64.0 Å². The summed E-state index contributed by atoms with van der Waals surface area (Å²) in [6.07, 6.45) is -1.44. The van der Waals surface area contributed by atoms with Crippen LogP contribution in [0, 0.1) is 5.92 Å². The van der Waals surface area contributed by atoms with Crippen LogP contribution in [0.5, 0.6) is 0 Å². The van der Waals surface area contributed by atoms with E-state index in [-0.39, 0.29) is 57.1 Å². The number of amides is 6. The van der Waals surface area contributed by atoms with E-state index in [4.69, 9.17) is 22.3 Å². The van der Waals surface area contributed by atoms with Crippen LogP contribution < -0.4 is 43.8 Å². The molecule has 0 spiro atoms. The molecule has 14 N–H and O–H groups in total. The number of aliphatic imine (C=N–C) groups is 1. The first-order chi connectivity index (χ1) is 24.3. The Kier molecular flexibility index (Phi) is 19.0. The number of nitrogens with two attached hydrogens (primary N) is 3. The molecule has 1 saturated heterocycles. The second kappa shape index (κ2) is 22.0. The van der Waals surface area contributed by atoms with E-state index in [2.05, 4.69) is 31.6 Å². The minimum absolute atomic E-state index is 0.0252. The van der Waals surface area contributed by atoms with Gasteiger partial charge in [0.05, 0.1) is 12.6 Å². The van der Waals surface area contributed by atoms with Crippen LogP contribution in [0.15, 0.2) is 4.99 Å². The van der Waals surface area contributed by atoms with E-state index in [0.717, 1.165) is 0 Å². The third-order valence-corrected chi connectivity index (χ3v) is 8.01. The fourth-order valence-corrected chi connectivity index (χ4v) is 5.37. The first kappa shape index (κ1) is 45.0. The van der Waals surface area contributed by atoms with Crippen molar-refractivity contribution in [1.29, 1.82) is 0 Å². The molecule has 1 aliphatic heterocycles. The van der Waals surface area contributed by atoms with E-state index >= 15 is 0 Å². The lowest BCUT2D eigenvalue weighted by Crippen LogP contribution is -2.61. The van der Waals surface area contributed by atoms with Gasteiger partial charge >= 0.3 is 11.9 Å². The summed E-state index contributed by atoms with van der Waals surface area (Å²) in [6, 6.07) is -7.80. The number of carbonyl (C=O) groups excluding carboxylic acids is 6. The maximum atomic E-state index is 13.5. The third kappa shape index (κ3) is 15.5. The second-order valence-electron chi connectivity index (χ2n) is 12.9. The van der Waals surface area contributed by atoms with Crippen LogP contribution in [0.4, 0.5) is 0 Å². The summed E-state index contributed by atoms with van der Waals surface area (Å²) in [5, 5.41) is 40.9. The lowest BCUT2D eigenvalue weighted by atomic mass is 10.0. The first-order valence-electron chi connectivity index (χ1n) is 17.0. The van der Waals surface area contributed by atoms with Crippen LogP contribution in [0.1, 0.15) is 72.6 Å². The van der Waals surface area contributed by atoms with Crippen molar-refractivity contribution >= 4 is 53.3 Å². The van der Waals surface area contributed by atoms with Crippen LogP contribution in [-0.2, 0) is 38.4 Å². The van der Waals surface area contributed by atoms with Gasteiger partial charge in [-0.25, -0.2) is 4.79 Å². The number of aliphatic hydroxyl groups is 1. The number of carboxylic acid groups (broad SMARTS) is 2. The minimum atomic E-state index is -1.68. The minimum Gasteiger partial charge on any atom is -0.481 e. The molecular formula is C31H54N10O11. The number of aliphatic hydroxyl groups excluding tert-OH is 1. The molecule has 1 unspecified atom stereocenters. The highest BCUT2D eigenvalue weighted by Crippen LogP contribution is 2.19. The lowest BCUT2D eigenvalue weighted by Gasteiger charge is -2.30. The highest BCUT2D eigenvalue weighted by Gasteiger charge is 2.39. The Labute approximate surface area is 301 Å². The summed E-state index contributed by atoms with van der Waals surface area (Å²) in [7, 11) is 0. The fraction of sp³-hybridized carbons (Fsp3) is 0.710. The van der Waals surface area contributed by atoms with Gasteiger partial charge in [0.25, 0.3) is 0 Å². The van der Waals surface area contributed by atoms with Gasteiger partial charge in [0.1, 0.15) is 36.3 Å². The molecule has 52 heavy (non-hydrogen) atoms. The van der Waals surface area contributed by atoms with E-state index in [1.165, 1.54) is 18.7 Å². The number of hydrogen-bond acceptors (Lipinski definition) is 11. The molecule has 0 aromatic heterocycles. The summed E-state index contributed by atoms with van der Waals surface area (Å²) in [6.45, 7) is 5.88. The number of aliphatic carboxylic acids is 2. The lowest BCUT2D eigenvalue weighted by molar-refractivity contribution is -0.145. The number of carboxylic acids is 2. The van der Waals surface area contributed by atoms with Crippen molar-refractivity contribution in [2.45, 2.75) is 115 Å². The number of likely N-dealkylation sites (tertiary alicyclic amines) is 1. The molecule has 0 aliphatic carbocycles. The quantitative estimate of drug-likeness (QED) is 0.0285. The van der Waals surface area contributed by atoms with Crippen LogP contribution in [-0.4, -0.2) is 136 Å². The molecule has 1 rings (SSSR count). The maximum absolute atomic E-state index is 13.5. The van der Waals surface area contributed by atoms with Crippen LogP contribution in [0.2, 0.25) is 0 Å². The molecule has 0 aromatic carbocycles. The van der Waals surface area contributed by atoms with Crippen LogP contribution in [0.3, 0.4) is 0 Å². The highest BCUT2D eigenvalue weighted by molar-refractivity contribution is 5.97. The third-order valence-electron chi connectivity index (χ3n) is 8.01. The molecule has 294 valence electrons. The normalized spacial score (nSPS) is 17.4. The average molecular weight is 743 g/mol. The van der Waals surface area contributed by atoms with Crippen molar-refractivity contribution in [2.75, 3.05) is 19.6 Å². The van der Waals surface area contributed by atoms with Gasteiger partial charge in [0, 0.05) is 19.5 Å². The summed E-state index contributed by atoms with van der Waals surface area (Å²) < 4.78 is 0.